The van der Waals surface area contributed by atoms with Crippen LogP contribution in [0, 0.1) is 0 Å². The lowest BCUT2D eigenvalue weighted by atomic mass is 10.2. The molecule has 0 aromatic carbocycles. The van der Waals surface area contributed by atoms with Crippen LogP contribution in [-0.4, -0.2) is 35.8 Å². The van der Waals surface area contributed by atoms with Gasteiger partial charge in [0.25, 0.3) is 5.91 Å². The third kappa shape index (κ3) is 7.25. The number of carbonyl (C=O) groups excluding carboxylic acids is 3. The SMILES string of the molecule is C[C@@H](OC(=O)CSCc1ccc(Cl)s1)C(=O)NC(=O)NC1CCCC1. The predicted octanol–water partition coefficient (Wildman–Crippen LogP) is 3.33. The zero-order valence-electron chi connectivity index (χ0n) is 13.9. The van der Waals surface area contributed by atoms with Crippen molar-refractivity contribution < 1.29 is 19.1 Å². The van der Waals surface area contributed by atoms with Crippen molar-refractivity contribution in [2.24, 2.45) is 0 Å². The number of carbonyl (C=O) groups is 3. The Kier molecular flexibility index (Phi) is 8.05. The van der Waals surface area contributed by atoms with Crippen molar-refractivity contribution in [3.8, 4) is 0 Å². The molecule has 0 bridgehead atoms. The molecule has 138 valence electrons. The highest BCUT2D eigenvalue weighted by Crippen LogP contribution is 2.25. The molecule has 1 aliphatic rings. The van der Waals surface area contributed by atoms with E-state index in [9.17, 15) is 14.4 Å². The Morgan fingerprint density at radius 2 is 2.08 bits per heavy atom. The van der Waals surface area contributed by atoms with Crippen LogP contribution in [0.1, 0.15) is 37.5 Å². The fourth-order valence-corrected chi connectivity index (χ4v) is 4.46. The number of thiophene rings is 1. The van der Waals surface area contributed by atoms with E-state index < -0.39 is 24.0 Å². The quantitative estimate of drug-likeness (QED) is 0.681. The summed E-state index contributed by atoms with van der Waals surface area (Å²) in [4.78, 5) is 36.5. The summed E-state index contributed by atoms with van der Waals surface area (Å²) >= 11 is 8.69. The fourth-order valence-electron chi connectivity index (χ4n) is 2.45. The number of nitrogens with one attached hydrogen (secondary N) is 2. The molecule has 0 unspecified atom stereocenters. The Balaban J connectivity index is 1.63. The predicted molar refractivity (Wildman–Crippen MR) is 100.0 cm³/mol. The van der Waals surface area contributed by atoms with Crippen LogP contribution in [0.15, 0.2) is 12.1 Å². The Bertz CT molecular complexity index is 617. The van der Waals surface area contributed by atoms with Crippen molar-refractivity contribution in [3.05, 3.63) is 21.3 Å². The maximum Gasteiger partial charge on any atom is 0.321 e. The number of thioether (sulfide) groups is 1. The van der Waals surface area contributed by atoms with E-state index in [0.29, 0.717) is 10.1 Å². The molecule has 25 heavy (non-hydrogen) atoms. The van der Waals surface area contributed by atoms with Crippen molar-refractivity contribution in [1.82, 2.24) is 10.6 Å². The van der Waals surface area contributed by atoms with Crippen LogP contribution in [0.25, 0.3) is 0 Å². The van der Waals surface area contributed by atoms with E-state index >= 15 is 0 Å². The molecule has 9 heteroatoms. The summed E-state index contributed by atoms with van der Waals surface area (Å²) in [5, 5.41) is 4.96. The zero-order chi connectivity index (χ0) is 18.2. The standard InChI is InChI=1S/C16H21ClN2O4S2/c1-10(15(21)19-16(22)18-11-4-2-3-5-11)23-14(20)9-24-8-12-6-7-13(17)25-12/h6-7,10-11H,2-5,8-9H2,1H3,(H2,18,19,21,22)/t10-/m1/s1. The summed E-state index contributed by atoms with van der Waals surface area (Å²) in [5.74, 6) is -0.344. The Morgan fingerprint density at radius 1 is 1.36 bits per heavy atom. The zero-order valence-corrected chi connectivity index (χ0v) is 16.3. The van der Waals surface area contributed by atoms with E-state index in [2.05, 4.69) is 10.6 Å². The third-order valence-corrected chi connectivity index (χ3v) is 6.07. The molecule has 3 amide bonds. The first-order valence-electron chi connectivity index (χ1n) is 8.07. The van der Waals surface area contributed by atoms with Crippen LogP contribution in [-0.2, 0) is 20.1 Å². The second kappa shape index (κ2) is 10.0. The highest BCUT2D eigenvalue weighted by molar-refractivity contribution is 7.99. The van der Waals surface area contributed by atoms with Gasteiger partial charge in [-0.2, -0.15) is 0 Å². The van der Waals surface area contributed by atoms with Crippen LogP contribution in [0.4, 0.5) is 4.79 Å². The number of urea groups is 1. The topological polar surface area (TPSA) is 84.5 Å². The normalized spacial score (nSPS) is 15.6. The van der Waals surface area contributed by atoms with Crippen molar-refractivity contribution in [2.75, 3.05) is 5.75 Å². The lowest BCUT2D eigenvalue weighted by Crippen LogP contribution is -2.47. The maximum atomic E-state index is 11.9. The molecular weight excluding hydrogens is 384 g/mol. The fraction of sp³-hybridized carbons (Fsp3) is 0.562. The Morgan fingerprint density at radius 3 is 2.72 bits per heavy atom. The summed E-state index contributed by atoms with van der Waals surface area (Å²) in [7, 11) is 0. The Labute approximate surface area is 160 Å². The van der Waals surface area contributed by atoms with Gasteiger partial charge in [0.05, 0.1) is 10.1 Å². The van der Waals surface area contributed by atoms with E-state index in [1.54, 1.807) is 0 Å². The van der Waals surface area contributed by atoms with Crippen molar-refractivity contribution in [2.45, 2.75) is 50.5 Å². The second-order valence-corrected chi connectivity index (χ2v) is 8.56. The summed E-state index contributed by atoms with van der Waals surface area (Å²) in [6, 6.07) is 3.30. The van der Waals surface area contributed by atoms with Gasteiger partial charge in [-0.15, -0.1) is 23.1 Å². The van der Waals surface area contributed by atoms with Gasteiger partial charge in [0.2, 0.25) is 0 Å². The molecular formula is C16H21ClN2O4S2. The Hall–Kier alpha value is -1.25. The lowest BCUT2D eigenvalue weighted by Gasteiger charge is -2.15. The third-order valence-electron chi connectivity index (χ3n) is 3.70. The van der Waals surface area contributed by atoms with Crippen LogP contribution in [0.2, 0.25) is 4.34 Å². The van der Waals surface area contributed by atoms with Gasteiger partial charge < -0.3 is 10.1 Å². The molecule has 2 rings (SSSR count). The van der Waals surface area contributed by atoms with Crippen LogP contribution < -0.4 is 10.6 Å². The minimum atomic E-state index is -1.02. The number of rotatable bonds is 7. The molecule has 1 heterocycles. The van der Waals surface area contributed by atoms with Crippen LogP contribution in [0.5, 0.6) is 0 Å². The van der Waals surface area contributed by atoms with Crippen molar-refractivity contribution >= 4 is 52.6 Å². The minimum Gasteiger partial charge on any atom is -0.452 e. The molecule has 0 saturated heterocycles. The van der Waals surface area contributed by atoms with Gasteiger partial charge in [-0.3, -0.25) is 14.9 Å². The van der Waals surface area contributed by atoms with Gasteiger partial charge in [-0.1, -0.05) is 24.4 Å². The molecule has 0 spiro atoms. The number of ether oxygens (including phenoxy) is 1. The minimum absolute atomic E-state index is 0.118. The maximum absolute atomic E-state index is 11.9. The van der Waals surface area contributed by atoms with Gasteiger partial charge >= 0.3 is 12.0 Å². The van der Waals surface area contributed by atoms with E-state index in [4.69, 9.17) is 16.3 Å². The molecule has 1 saturated carbocycles. The van der Waals surface area contributed by atoms with Gasteiger partial charge in [-0.25, -0.2) is 4.79 Å². The average Bonchev–Trinajstić information content (AvgIpc) is 3.19. The van der Waals surface area contributed by atoms with E-state index in [1.165, 1.54) is 30.0 Å². The first-order chi connectivity index (χ1) is 11.9. The molecule has 1 atom stereocenters. The van der Waals surface area contributed by atoms with Gasteiger partial charge in [0.1, 0.15) is 0 Å². The molecule has 0 aliphatic heterocycles. The summed E-state index contributed by atoms with van der Waals surface area (Å²) in [6.45, 7) is 1.44. The smallest absolute Gasteiger partial charge is 0.321 e. The molecule has 6 nitrogen and oxygen atoms in total. The molecule has 1 aromatic heterocycles. The number of hydrogen-bond donors (Lipinski definition) is 2. The largest absolute Gasteiger partial charge is 0.452 e. The summed E-state index contributed by atoms with van der Waals surface area (Å²) < 4.78 is 5.76. The lowest BCUT2D eigenvalue weighted by molar-refractivity contribution is -0.151. The molecule has 1 aliphatic carbocycles. The highest BCUT2D eigenvalue weighted by Gasteiger charge is 2.22. The van der Waals surface area contributed by atoms with E-state index in [1.807, 2.05) is 12.1 Å². The van der Waals surface area contributed by atoms with Crippen molar-refractivity contribution in [3.63, 3.8) is 0 Å². The average molecular weight is 405 g/mol. The summed E-state index contributed by atoms with van der Waals surface area (Å²) in [5.41, 5.74) is 0. The van der Waals surface area contributed by atoms with E-state index in [0.717, 1.165) is 30.6 Å². The number of halogens is 1. The number of amides is 3. The molecule has 1 aromatic rings. The first-order valence-corrected chi connectivity index (χ1v) is 10.4. The first kappa shape index (κ1) is 20.1. The molecule has 2 N–H and O–H groups in total. The van der Waals surface area contributed by atoms with Gasteiger partial charge in [-0.05, 0) is 31.9 Å². The highest BCUT2D eigenvalue weighted by atomic mass is 35.5. The van der Waals surface area contributed by atoms with Crippen LogP contribution in [0.3, 0.4) is 0 Å². The van der Waals surface area contributed by atoms with Crippen LogP contribution >= 0.6 is 34.7 Å². The number of hydrogen-bond acceptors (Lipinski definition) is 6. The number of imide groups is 1. The number of esters is 1. The van der Waals surface area contributed by atoms with E-state index in [-0.39, 0.29) is 11.8 Å². The van der Waals surface area contributed by atoms with Gasteiger partial charge in [0.15, 0.2) is 6.10 Å². The molecule has 0 radical (unpaired) electrons. The molecule has 1 fully saturated rings. The van der Waals surface area contributed by atoms with Gasteiger partial charge in [0, 0.05) is 16.7 Å². The monoisotopic (exact) mass is 404 g/mol. The van der Waals surface area contributed by atoms with Crippen molar-refractivity contribution in [1.29, 1.82) is 0 Å². The summed E-state index contributed by atoms with van der Waals surface area (Å²) in [6.07, 6.45) is 3.01. The second-order valence-electron chi connectivity index (χ2n) is 5.77.